The molecule has 7 nitrogen and oxygen atoms in total. The lowest BCUT2D eigenvalue weighted by molar-refractivity contribution is -0.116. The maximum atomic E-state index is 12.8. The number of amides is 1. The van der Waals surface area contributed by atoms with Crippen LogP contribution in [0.3, 0.4) is 0 Å². The van der Waals surface area contributed by atoms with Crippen LogP contribution in [0.5, 0.6) is 0 Å². The lowest BCUT2D eigenvalue weighted by atomic mass is 10.1. The van der Waals surface area contributed by atoms with Crippen LogP contribution < -0.4 is 10.9 Å². The van der Waals surface area contributed by atoms with Crippen molar-refractivity contribution in [1.82, 2.24) is 19.3 Å². The first-order valence-corrected chi connectivity index (χ1v) is 9.36. The summed E-state index contributed by atoms with van der Waals surface area (Å²) in [4.78, 5) is 29.6. The Morgan fingerprint density at radius 3 is 2.76 bits per heavy atom. The summed E-state index contributed by atoms with van der Waals surface area (Å²) < 4.78 is 2.81. The molecule has 0 aliphatic rings. The fourth-order valence-corrected chi connectivity index (χ4v) is 3.34. The monoisotopic (exact) mass is 407 g/mol. The van der Waals surface area contributed by atoms with Crippen molar-refractivity contribution < 1.29 is 4.79 Å². The number of anilines is 1. The van der Waals surface area contributed by atoms with E-state index in [2.05, 4.69) is 15.4 Å². The minimum atomic E-state index is -0.334. The van der Waals surface area contributed by atoms with E-state index in [1.165, 1.54) is 17.1 Å². The Balaban J connectivity index is 1.61. The van der Waals surface area contributed by atoms with Gasteiger partial charge in [0.25, 0.3) is 5.56 Å². The number of aryl methyl sites for hydroxylation is 2. The summed E-state index contributed by atoms with van der Waals surface area (Å²) in [5.41, 5.74) is 3.56. The van der Waals surface area contributed by atoms with Crippen molar-refractivity contribution in [3.8, 4) is 5.69 Å². The number of nitrogens with one attached hydrogen (secondary N) is 1. The predicted octanol–water partition coefficient (Wildman–Crippen LogP) is 3.49. The van der Waals surface area contributed by atoms with Crippen LogP contribution >= 0.6 is 11.6 Å². The Kier molecular flexibility index (Phi) is 4.90. The molecular weight excluding hydrogens is 390 g/mol. The third-order valence-corrected chi connectivity index (χ3v) is 4.81. The van der Waals surface area contributed by atoms with Gasteiger partial charge in [0.1, 0.15) is 18.3 Å². The maximum absolute atomic E-state index is 12.8. The van der Waals surface area contributed by atoms with E-state index in [4.69, 9.17) is 11.6 Å². The van der Waals surface area contributed by atoms with Gasteiger partial charge in [-0.1, -0.05) is 35.4 Å². The molecule has 0 saturated heterocycles. The number of rotatable bonds is 4. The van der Waals surface area contributed by atoms with Crippen molar-refractivity contribution >= 4 is 34.2 Å². The molecule has 1 amide bonds. The van der Waals surface area contributed by atoms with Crippen molar-refractivity contribution in [2.24, 2.45) is 0 Å². The van der Waals surface area contributed by atoms with Gasteiger partial charge in [0, 0.05) is 10.7 Å². The molecule has 0 atom stereocenters. The number of hydrogen-bond acceptors (Lipinski definition) is 4. The second kappa shape index (κ2) is 7.52. The minimum Gasteiger partial charge on any atom is -0.324 e. The highest BCUT2D eigenvalue weighted by molar-refractivity contribution is 6.30. The summed E-state index contributed by atoms with van der Waals surface area (Å²) in [6.07, 6.45) is 2.80. The summed E-state index contributed by atoms with van der Waals surface area (Å²) in [6.45, 7) is 3.77. The molecule has 0 unspecified atom stereocenters. The van der Waals surface area contributed by atoms with Gasteiger partial charge in [0.05, 0.1) is 11.9 Å². The molecule has 146 valence electrons. The zero-order valence-electron chi connectivity index (χ0n) is 15.9. The first-order chi connectivity index (χ1) is 13.9. The Bertz CT molecular complexity index is 1290. The van der Waals surface area contributed by atoms with Gasteiger partial charge in [-0.05, 0) is 43.7 Å². The van der Waals surface area contributed by atoms with E-state index < -0.39 is 0 Å². The number of fused-ring (bicyclic) bond motifs is 1. The SMILES string of the molecule is Cc1ccc(NC(=O)Cn2cnc3c(cnn3-c3cccc(Cl)c3)c2=O)c(C)c1. The van der Waals surface area contributed by atoms with Crippen molar-refractivity contribution in [3.05, 3.63) is 81.5 Å². The van der Waals surface area contributed by atoms with Crippen LogP contribution in [-0.4, -0.2) is 25.2 Å². The minimum absolute atomic E-state index is 0.141. The normalized spacial score (nSPS) is 11.0. The molecule has 2 heterocycles. The highest BCUT2D eigenvalue weighted by Crippen LogP contribution is 2.18. The molecule has 0 aliphatic carbocycles. The quantitative estimate of drug-likeness (QED) is 0.561. The van der Waals surface area contributed by atoms with Gasteiger partial charge in [0.2, 0.25) is 5.91 Å². The van der Waals surface area contributed by atoms with Gasteiger partial charge in [-0.2, -0.15) is 5.10 Å². The van der Waals surface area contributed by atoms with Gasteiger partial charge in [-0.3, -0.25) is 14.2 Å². The summed E-state index contributed by atoms with van der Waals surface area (Å²) in [7, 11) is 0. The molecule has 2 aromatic heterocycles. The Morgan fingerprint density at radius 1 is 1.17 bits per heavy atom. The molecule has 0 aliphatic heterocycles. The Labute approximate surface area is 171 Å². The molecule has 0 saturated carbocycles. The van der Waals surface area contributed by atoms with E-state index in [9.17, 15) is 9.59 Å². The first kappa shape index (κ1) is 18.9. The Morgan fingerprint density at radius 2 is 2.00 bits per heavy atom. The van der Waals surface area contributed by atoms with Crippen LogP contribution in [0.15, 0.2) is 59.8 Å². The lowest BCUT2D eigenvalue weighted by Crippen LogP contribution is -2.28. The average Bonchev–Trinajstić information content (AvgIpc) is 3.11. The third-order valence-electron chi connectivity index (χ3n) is 4.58. The van der Waals surface area contributed by atoms with E-state index in [-0.39, 0.29) is 18.0 Å². The maximum Gasteiger partial charge on any atom is 0.264 e. The van der Waals surface area contributed by atoms with Crippen LogP contribution in [0, 0.1) is 13.8 Å². The fourth-order valence-electron chi connectivity index (χ4n) is 3.16. The molecule has 0 spiro atoms. The largest absolute Gasteiger partial charge is 0.324 e. The van der Waals surface area contributed by atoms with Crippen molar-refractivity contribution in [3.63, 3.8) is 0 Å². The van der Waals surface area contributed by atoms with Gasteiger partial charge in [0.15, 0.2) is 5.65 Å². The van der Waals surface area contributed by atoms with Crippen LogP contribution in [0.4, 0.5) is 5.69 Å². The van der Waals surface area contributed by atoms with Crippen molar-refractivity contribution in [1.29, 1.82) is 0 Å². The summed E-state index contributed by atoms with van der Waals surface area (Å²) >= 11 is 6.04. The van der Waals surface area contributed by atoms with Crippen LogP contribution in [0.2, 0.25) is 5.02 Å². The molecular formula is C21H18ClN5O2. The zero-order chi connectivity index (χ0) is 20.5. The average molecular weight is 408 g/mol. The molecule has 4 aromatic rings. The van der Waals surface area contributed by atoms with E-state index in [1.54, 1.807) is 22.9 Å². The number of carbonyl (C=O) groups excluding carboxylic acids is 1. The predicted molar refractivity (Wildman–Crippen MR) is 113 cm³/mol. The van der Waals surface area contributed by atoms with Crippen molar-refractivity contribution in [2.75, 3.05) is 5.32 Å². The number of carbonyl (C=O) groups is 1. The number of nitrogens with zero attached hydrogens (tertiary/aromatic N) is 4. The van der Waals surface area contributed by atoms with Crippen molar-refractivity contribution in [2.45, 2.75) is 20.4 Å². The van der Waals surface area contributed by atoms with Crippen LogP contribution in [0.25, 0.3) is 16.7 Å². The molecule has 0 bridgehead atoms. The number of halogens is 1. The van der Waals surface area contributed by atoms with E-state index in [1.807, 2.05) is 38.1 Å². The summed E-state index contributed by atoms with van der Waals surface area (Å²) in [5, 5.41) is 7.98. The smallest absolute Gasteiger partial charge is 0.264 e. The summed E-state index contributed by atoms with van der Waals surface area (Å²) in [5.74, 6) is -0.303. The second-order valence-corrected chi connectivity index (χ2v) is 7.25. The number of hydrogen-bond donors (Lipinski definition) is 1. The van der Waals surface area contributed by atoms with Crippen LogP contribution in [-0.2, 0) is 11.3 Å². The molecule has 0 fully saturated rings. The van der Waals surface area contributed by atoms with Gasteiger partial charge in [-0.15, -0.1) is 0 Å². The van der Waals surface area contributed by atoms with Gasteiger partial charge >= 0.3 is 0 Å². The van der Waals surface area contributed by atoms with Gasteiger partial charge in [-0.25, -0.2) is 9.67 Å². The van der Waals surface area contributed by atoms with E-state index >= 15 is 0 Å². The number of benzene rings is 2. The molecule has 1 N–H and O–H groups in total. The molecule has 4 rings (SSSR count). The highest BCUT2D eigenvalue weighted by Gasteiger charge is 2.14. The van der Waals surface area contributed by atoms with E-state index in [0.717, 1.165) is 16.8 Å². The zero-order valence-corrected chi connectivity index (χ0v) is 16.6. The first-order valence-electron chi connectivity index (χ1n) is 8.98. The third kappa shape index (κ3) is 3.77. The van der Waals surface area contributed by atoms with E-state index in [0.29, 0.717) is 21.7 Å². The Hall–Kier alpha value is -3.45. The fraction of sp³-hybridized carbons (Fsp3) is 0.143. The number of aromatic nitrogens is 4. The highest BCUT2D eigenvalue weighted by atomic mass is 35.5. The van der Waals surface area contributed by atoms with Crippen LogP contribution in [0.1, 0.15) is 11.1 Å². The standard InChI is InChI=1S/C21H18ClN5O2/c1-13-6-7-18(14(2)8-13)25-19(28)11-26-12-23-20-17(21(26)29)10-24-27(20)16-5-3-4-15(22)9-16/h3-10,12H,11H2,1-2H3,(H,25,28). The summed E-state index contributed by atoms with van der Waals surface area (Å²) in [6, 6.07) is 12.9. The lowest BCUT2D eigenvalue weighted by Gasteiger charge is -2.10. The molecule has 2 aromatic carbocycles. The molecule has 8 heteroatoms. The van der Waals surface area contributed by atoms with Gasteiger partial charge < -0.3 is 5.32 Å². The molecule has 29 heavy (non-hydrogen) atoms. The second-order valence-electron chi connectivity index (χ2n) is 6.82. The topological polar surface area (TPSA) is 81.8 Å². The molecule has 0 radical (unpaired) electrons.